The van der Waals surface area contributed by atoms with Gasteiger partial charge in [0, 0.05) is 22.8 Å². The van der Waals surface area contributed by atoms with Gasteiger partial charge in [-0.1, -0.05) is 6.07 Å². The van der Waals surface area contributed by atoms with E-state index in [0.717, 1.165) is 24.2 Å². The lowest BCUT2D eigenvalue weighted by Gasteiger charge is -2.24. The number of benzene rings is 1. The molecule has 0 radical (unpaired) electrons. The van der Waals surface area contributed by atoms with Gasteiger partial charge in [-0.15, -0.1) is 0 Å². The highest BCUT2D eigenvalue weighted by molar-refractivity contribution is 5.94. The van der Waals surface area contributed by atoms with Crippen molar-refractivity contribution in [2.24, 2.45) is 0 Å². The van der Waals surface area contributed by atoms with Crippen LogP contribution in [0, 0.1) is 6.92 Å². The Bertz CT molecular complexity index is 762. The van der Waals surface area contributed by atoms with E-state index in [4.69, 9.17) is 4.74 Å². The summed E-state index contributed by atoms with van der Waals surface area (Å²) in [4.78, 5) is 4.68. The summed E-state index contributed by atoms with van der Waals surface area (Å²) in [6, 6.07) is 9.16. The van der Waals surface area contributed by atoms with Crippen molar-refractivity contribution >= 4 is 22.2 Å². The summed E-state index contributed by atoms with van der Waals surface area (Å²) in [6.45, 7) is 11.4. The smallest absolute Gasteiger partial charge is 0.0726 e. The van der Waals surface area contributed by atoms with Gasteiger partial charge in [-0.05, 0) is 75.9 Å². The minimum absolute atomic E-state index is 0.286. The number of nitrogens with one attached hydrogen (secondary N) is 1. The molecular formula is C20H26N2O. The van der Waals surface area contributed by atoms with Crippen LogP contribution < -0.4 is 5.32 Å². The third-order valence-electron chi connectivity index (χ3n) is 4.32. The molecule has 0 fully saturated rings. The van der Waals surface area contributed by atoms with Gasteiger partial charge in [-0.2, -0.15) is 0 Å². The highest BCUT2D eigenvalue weighted by atomic mass is 16.5. The van der Waals surface area contributed by atoms with Crippen LogP contribution in [0.25, 0.3) is 16.5 Å². The maximum Gasteiger partial charge on any atom is 0.0726 e. The molecule has 122 valence electrons. The lowest BCUT2D eigenvalue weighted by molar-refractivity contribution is 0.0791. The number of ether oxygens (including phenoxy) is 1. The van der Waals surface area contributed by atoms with E-state index < -0.39 is 0 Å². The third-order valence-corrected chi connectivity index (χ3v) is 4.32. The highest BCUT2D eigenvalue weighted by Crippen LogP contribution is 2.33. The largest absolute Gasteiger partial charge is 0.382 e. The van der Waals surface area contributed by atoms with Gasteiger partial charge in [0.2, 0.25) is 0 Å². The second kappa shape index (κ2) is 6.32. The number of nitrogens with zero attached hydrogens (tertiary/aromatic N) is 1. The molecule has 0 amide bonds. The van der Waals surface area contributed by atoms with Crippen LogP contribution in [0.3, 0.4) is 0 Å². The van der Waals surface area contributed by atoms with Gasteiger partial charge in [0.25, 0.3) is 0 Å². The van der Waals surface area contributed by atoms with Crippen LogP contribution in [0.4, 0.5) is 5.69 Å². The SMILES string of the molecule is CC1=C(c2ccc3nc(C)cc(NC(C)C)c3c2)C[C@@H](C)OC1. The first-order chi connectivity index (χ1) is 10.9. The van der Waals surface area contributed by atoms with Crippen LogP contribution in [0.15, 0.2) is 29.8 Å². The average molecular weight is 310 g/mol. The molecule has 1 aliphatic heterocycles. The van der Waals surface area contributed by atoms with Crippen molar-refractivity contribution in [2.45, 2.75) is 53.2 Å². The standard InChI is InChI=1S/C20H26N2O/c1-12(2)21-20-8-14(4)22-19-7-6-16(10-18(19)20)17-9-15(5)23-11-13(17)3/h6-8,10,12,15H,9,11H2,1-5H3,(H,21,22)/t15-/m1/s1. The van der Waals surface area contributed by atoms with Crippen molar-refractivity contribution < 1.29 is 4.74 Å². The molecule has 3 heteroatoms. The summed E-state index contributed by atoms with van der Waals surface area (Å²) in [5, 5.41) is 4.75. The van der Waals surface area contributed by atoms with Crippen LogP contribution in [-0.2, 0) is 4.74 Å². The number of anilines is 1. The molecule has 1 aliphatic rings. The van der Waals surface area contributed by atoms with Crippen molar-refractivity contribution in [3.05, 3.63) is 41.1 Å². The molecule has 0 aliphatic carbocycles. The van der Waals surface area contributed by atoms with E-state index in [1.54, 1.807) is 0 Å². The van der Waals surface area contributed by atoms with E-state index in [0.29, 0.717) is 6.04 Å². The Morgan fingerprint density at radius 3 is 2.74 bits per heavy atom. The minimum Gasteiger partial charge on any atom is -0.382 e. The molecule has 1 N–H and O–H groups in total. The van der Waals surface area contributed by atoms with Crippen LogP contribution in [-0.4, -0.2) is 23.7 Å². The summed E-state index contributed by atoms with van der Waals surface area (Å²) in [5.41, 5.74) is 7.31. The van der Waals surface area contributed by atoms with Crippen LogP contribution in [0.2, 0.25) is 0 Å². The number of aromatic nitrogens is 1. The van der Waals surface area contributed by atoms with Gasteiger partial charge in [0.1, 0.15) is 0 Å². The molecule has 3 rings (SSSR count). The van der Waals surface area contributed by atoms with Crippen LogP contribution in [0.5, 0.6) is 0 Å². The molecular weight excluding hydrogens is 284 g/mol. The number of rotatable bonds is 3. The number of hydrogen-bond donors (Lipinski definition) is 1. The molecule has 0 saturated heterocycles. The Kier molecular flexibility index (Phi) is 4.40. The lowest BCUT2D eigenvalue weighted by atomic mass is 9.92. The monoisotopic (exact) mass is 310 g/mol. The van der Waals surface area contributed by atoms with Crippen molar-refractivity contribution in [1.82, 2.24) is 4.98 Å². The molecule has 2 heterocycles. The normalized spacial score (nSPS) is 18.8. The fourth-order valence-electron chi connectivity index (χ4n) is 3.22. The number of fused-ring (bicyclic) bond motifs is 1. The predicted octanol–water partition coefficient (Wildman–Crippen LogP) is 4.95. The zero-order valence-electron chi connectivity index (χ0n) is 14.7. The number of aryl methyl sites for hydroxylation is 1. The predicted molar refractivity (Wildman–Crippen MR) is 97.9 cm³/mol. The van der Waals surface area contributed by atoms with E-state index >= 15 is 0 Å². The zero-order valence-corrected chi connectivity index (χ0v) is 14.7. The van der Waals surface area contributed by atoms with Gasteiger partial charge < -0.3 is 10.1 Å². The summed E-state index contributed by atoms with van der Waals surface area (Å²) in [6.07, 6.45) is 1.26. The summed E-state index contributed by atoms with van der Waals surface area (Å²) >= 11 is 0. The Hall–Kier alpha value is -1.87. The van der Waals surface area contributed by atoms with E-state index in [-0.39, 0.29) is 6.10 Å². The van der Waals surface area contributed by atoms with Crippen molar-refractivity contribution in [2.75, 3.05) is 11.9 Å². The summed E-state index contributed by atoms with van der Waals surface area (Å²) in [7, 11) is 0. The quantitative estimate of drug-likeness (QED) is 0.871. The molecule has 0 unspecified atom stereocenters. The molecule has 0 saturated carbocycles. The topological polar surface area (TPSA) is 34.2 Å². The van der Waals surface area contributed by atoms with Crippen molar-refractivity contribution in [1.29, 1.82) is 0 Å². The van der Waals surface area contributed by atoms with Crippen molar-refractivity contribution in [3.63, 3.8) is 0 Å². The fourth-order valence-corrected chi connectivity index (χ4v) is 3.22. The summed E-state index contributed by atoms with van der Waals surface area (Å²) in [5.74, 6) is 0. The molecule has 0 bridgehead atoms. The molecule has 2 aromatic rings. The maximum atomic E-state index is 5.74. The van der Waals surface area contributed by atoms with Crippen LogP contribution >= 0.6 is 0 Å². The Morgan fingerprint density at radius 1 is 1.22 bits per heavy atom. The molecule has 1 aromatic carbocycles. The molecule has 23 heavy (non-hydrogen) atoms. The summed E-state index contributed by atoms with van der Waals surface area (Å²) < 4.78 is 5.74. The lowest BCUT2D eigenvalue weighted by Crippen LogP contribution is -2.17. The second-order valence-electron chi connectivity index (χ2n) is 6.93. The second-order valence-corrected chi connectivity index (χ2v) is 6.93. The van der Waals surface area contributed by atoms with Gasteiger partial charge in [0.15, 0.2) is 0 Å². The number of pyridine rings is 1. The van der Waals surface area contributed by atoms with Crippen molar-refractivity contribution in [3.8, 4) is 0 Å². The van der Waals surface area contributed by atoms with Gasteiger partial charge in [0.05, 0.1) is 18.2 Å². The Labute approximate surface area is 138 Å². The maximum absolute atomic E-state index is 5.74. The van der Waals surface area contributed by atoms with E-state index in [1.165, 1.54) is 27.8 Å². The molecule has 3 nitrogen and oxygen atoms in total. The first kappa shape index (κ1) is 16.0. The first-order valence-electron chi connectivity index (χ1n) is 8.42. The minimum atomic E-state index is 0.286. The van der Waals surface area contributed by atoms with Gasteiger partial charge in [-0.3, -0.25) is 4.98 Å². The third kappa shape index (κ3) is 3.40. The van der Waals surface area contributed by atoms with Crippen LogP contribution in [0.1, 0.15) is 45.4 Å². The highest BCUT2D eigenvalue weighted by Gasteiger charge is 2.18. The number of hydrogen-bond acceptors (Lipinski definition) is 3. The van der Waals surface area contributed by atoms with E-state index in [2.05, 4.69) is 62.3 Å². The fraction of sp³-hybridized carbons (Fsp3) is 0.450. The van der Waals surface area contributed by atoms with E-state index in [1.807, 2.05) is 6.92 Å². The molecule has 1 atom stereocenters. The van der Waals surface area contributed by atoms with Gasteiger partial charge >= 0.3 is 0 Å². The Morgan fingerprint density at radius 2 is 2.00 bits per heavy atom. The Balaban J connectivity index is 2.12. The first-order valence-corrected chi connectivity index (χ1v) is 8.42. The molecule has 0 spiro atoms. The molecule has 1 aromatic heterocycles. The van der Waals surface area contributed by atoms with E-state index in [9.17, 15) is 0 Å². The van der Waals surface area contributed by atoms with Gasteiger partial charge in [-0.25, -0.2) is 0 Å². The zero-order chi connectivity index (χ0) is 16.6. The average Bonchev–Trinajstić information content (AvgIpc) is 2.49.